The van der Waals surface area contributed by atoms with Crippen molar-refractivity contribution in [2.24, 2.45) is 5.92 Å². The van der Waals surface area contributed by atoms with E-state index in [9.17, 15) is 4.79 Å². The first-order valence-corrected chi connectivity index (χ1v) is 7.99. The van der Waals surface area contributed by atoms with Crippen LogP contribution in [0.25, 0.3) is 11.5 Å². The van der Waals surface area contributed by atoms with E-state index in [2.05, 4.69) is 10.2 Å². The van der Waals surface area contributed by atoms with Gasteiger partial charge in [0, 0.05) is 25.1 Å². The zero-order chi connectivity index (χ0) is 16.4. The van der Waals surface area contributed by atoms with E-state index >= 15 is 0 Å². The fourth-order valence-corrected chi connectivity index (χ4v) is 3.03. The molecule has 1 saturated heterocycles. The van der Waals surface area contributed by atoms with Crippen LogP contribution < -0.4 is 0 Å². The van der Waals surface area contributed by atoms with Crippen LogP contribution in [0.2, 0.25) is 0 Å². The average Bonchev–Trinajstić information content (AvgIpc) is 3.37. The van der Waals surface area contributed by atoms with Gasteiger partial charge in [-0.3, -0.25) is 4.79 Å². The molecule has 122 valence electrons. The number of nitrogens with zero attached hydrogens (tertiary/aromatic N) is 3. The molecule has 6 nitrogen and oxygen atoms in total. The highest BCUT2D eigenvalue weighted by Crippen LogP contribution is 2.24. The van der Waals surface area contributed by atoms with Gasteiger partial charge in [-0.15, -0.1) is 10.2 Å². The molecule has 1 unspecified atom stereocenters. The lowest BCUT2D eigenvalue weighted by molar-refractivity contribution is 0.0786. The summed E-state index contributed by atoms with van der Waals surface area (Å²) >= 11 is 0. The number of furan rings is 1. The number of amides is 1. The first-order valence-electron chi connectivity index (χ1n) is 7.99. The van der Waals surface area contributed by atoms with Crippen LogP contribution in [-0.4, -0.2) is 34.1 Å². The summed E-state index contributed by atoms with van der Waals surface area (Å²) in [7, 11) is 0. The van der Waals surface area contributed by atoms with Gasteiger partial charge in [-0.2, -0.15) is 0 Å². The maximum atomic E-state index is 12.3. The van der Waals surface area contributed by atoms with Crippen LogP contribution in [0.1, 0.15) is 22.7 Å². The van der Waals surface area contributed by atoms with Crippen LogP contribution in [0.5, 0.6) is 0 Å². The van der Waals surface area contributed by atoms with Gasteiger partial charge >= 0.3 is 0 Å². The van der Waals surface area contributed by atoms with E-state index in [4.69, 9.17) is 8.83 Å². The van der Waals surface area contributed by atoms with Crippen molar-refractivity contribution in [1.82, 2.24) is 15.1 Å². The topological polar surface area (TPSA) is 72.4 Å². The zero-order valence-corrected chi connectivity index (χ0v) is 13.1. The Kier molecular flexibility index (Phi) is 3.86. The summed E-state index contributed by atoms with van der Waals surface area (Å²) in [6.45, 7) is 1.45. The van der Waals surface area contributed by atoms with Gasteiger partial charge in [0.25, 0.3) is 5.91 Å². The molecule has 0 saturated carbocycles. The van der Waals surface area contributed by atoms with Crippen molar-refractivity contribution in [3.63, 3.8) is 0 Å². The van der Waals surface area contributed by atoms with Crippen molar-refractivity contribution < 1.29 is 13.6 Å². The van der Waals surface area contributed by atoms with E-state index in [1.54, 1.807) is 6.07 Å². The third-order valence-corrected chi connectivity index (χ3v) is 4.29. The van der Waals surface area contributed by atoms with Crippen LogP contribution in [0, 0.1) is 5.92 Å². The molecular weight excluding hydrogens is 306 g/mol. The Morgan fingerprint density at radius 3 is 2.88 bits per heavy atom. The molecule has 6 heteroatoms. The highest BCUT2D eigenvalue weighted by Gasteiger charge is 2.28. The predicted octanol–water partition coefficient (Wildman–Crippen LogP) is 3.03. The van der Waals surface area contributed by atoms with E-state index in [-0.39, 0.29) is 5.91 Å². The number of hydrogen-bond donors (Lipinski definition) is 0. The monoisotopic (exact) mass is 323 g/mol. The summed E-state index contributed by atoms with van der Waals surface area (Å²) in [6.07, 6.45) is 4.63. The largest absolute Gasteiger partial charge is 0.472 e. The van der Waals surface area contributed by atoms with Gasteiger partial charge in [-0.25, -0.2) is 0 Å². The van der Waals surface area contributed by atoms with Crippen molar-refractivity contribution in [2.45, 2.75) is 12.8 Å². The minimum absolute atomic E-state index is 0.0155. The number of aromatic nitrogens is 2. The fraction of sp³-hybridized carbons (Fsp3) is 0.278. The normalized spacial score (nSPS) is 17.3. The number of hydrogen-bond acceptors (Lipinski definition) is 5. The van der Waals surface area contributed by atoms with Gasteiger partial charge in [-0.1, -0.05) is 18.2 Å². The summed E-state index contributed by atoms with van der Waals surface area (Å²) in [5.41, 5.74) is 1.51. The molecular formula is C18H17N3O3. The molecule has 0 N–H and O–H groups in total. The molecule has 0 bridgehead atoms. The smallest absolute Gasteiger partial charge is 0.257 e. The molecule has 1 aliphatic heterocycles. The van der Waals surface area contributed by atoms with Crippen molar-refractivity contribution in [3.8, 4) is 11.5 Å². The first kappa shape index (κ1) is 14.7. The van der Waals surface area contributed by atoms with Crippen molar-refractivity contribution in [3.05, 3.63) is 60.4 Å². The first-order chi connectivity index (χ1) is 11.8. The van der Waals surface area contributed by atoms with Crippen molar-refractivity contribution in [2.75, 3.05) is 13.1 Å². The average molecular weight is 323 g/mol. The lowest BCUT2D eigenvalue weighted by Crippen LogP contribution is -2.28. The molecule has 3 aromatic rings. The molecule has 1 aromatic carbocycles. The van der Waals surface area contributed by atoms with Crippen LogP contribution >= 0.6 is 0 Å². The van der Waals surface area contributed by atoms with Gasteiger partial charge in [0.2, 0.25) is 11.8 Å². The summed E-state index contributed by atoms with van der Waals surface area (Å²) in [5.74, 6) is 1.51. The maximum absolute atomic E-state index is 12.3. The van der Waals surface area contributed by atoms with Crippen LogP contribution in [0.15, 0.2) is 57.8 Å². The second-order valence-electron chi connectivity index (χ2n) is 5.99. The molecule has 0 radical (unpaired) electrons. The molecule has 1 fully saturated rings. The molecule has 3 heterocycles. The highest BCUT2D eigenvalue weighted by molar-refractivity contribution is 5.93. The third-order valence-electron chi connectivity index (χ3n) is 4.29. The Hall–Kier alpha value is -2.89. The van der Waals surface area contributed by atoms with E-state index in [1.807, 2.05) is 35.2 Å². The van der Waals surface area contributed by atoms with Crippen molar-refractivity contribution >= 4 is 5.91 Å². The lowest BCUT2D eigenvalue weighted by Gasteiger charge is -2.14. The Morgan fingerprint density at radius 2 is 2.08 bits per heavy atom. The molecule has 1 amide bonds. The minimum atomic E-state index is 0.0155. The summed E-state index contributed by atoms with van der Waals surface area (Å²) < 4.78 is 10.7. The van der Waals surface area contributed by atoms with E-state index < -0.39 is 0 Å². The Morgan fingerprint density at radius 1 is 1.21 bits per heavy atom. The number of carbonyl (C=O) groups excluding carboxylic acids is 1. The van der Waals surface area contributed by atoms with Crippen LogP contribution in [0.3, 0.4) is 0 Å². The summed E-state index contributed by atoms with van der Waals surface area (Å²) in [5, 5.41) is 8.25. The lowest BCUT2D eigenvalue weighted by atomic mass is 10.1. The predicted molar refractivity (Wildman–Crippen MR) is 86.2 cm³/mol. The molecule has 1 atom stereocenters. The van der Waals surface area contributed by atoms with Gasteiger partial charge in [-0.05, 0) is 30.5 Å². The SMILES string of the molecule is O=C(c1ccoc1)N1CCC(Cc2nnc(-c3ccccc3)o2)C1. The second-order valence-corrected chi connectivity index (χ2v) is 5.99. The highest BCUT2D eigenvalue weighted by atomic mass is 16.4. The minimum Gasteiger partial charge on any atom is -0.472 e. The summed E-state index contributed by atoms with van der Waals surface area (Å²) in [4.78, 5) is 14.2. The van der Waals surface area contributed by atoms with Crippen LogP contribution in [0.4, 0.5) is 0 Å². The van der Waals surface area contributed by atoms with E-state index in [1.165, 1.54) is 12.5 Å². The van der Waals surface area contributed by atoms with Crippen LogP contribution in [-0.2, 0) is 6.42 Å². The Balaban J connectivity index is 1.39. The van der Waals surface area contributed by atoms with Gasteiger partial charge in [0.15, 0.2) is 0 Å². The number of likely N-dealkylation sites (tertiary alicyclic amines) is 1. The molecule has 0 aliphatic carbocycles. The van der Waals surface area contributed by atoms with E-state index in [0.29, 0.717) is 36.2 Å². The quantitative estimate of drug-likeness (QED) is 0.738. The molecule has 0 spiro atoms. The molecule has 1 aliphatic rings. The third kappa shape index (κ3) is 2.95. The molecule has 24 heavy (non-hydrogen) atoms. The van der Waals surface area contributed by atoms with Gasteiger partial charge < -0.3 is 13.7 Å². The standard InChI is InChI=1S/C18H17N3O3/c22-18(15-7-9-23-12-15)21-8-6-13(11-21)10-16-19-20-17(24-16)14-4-2-1-3-5-14/h1-5,7,9,12-13H,6,8,10-11H2. The van der Waals surface area contributed by atoms with E-state index in [0.717, 1.165) is 18.5 Å². The Labute approximate surface area is 139 Å². The number of carbonyl (C=O) groups is 1. The molecule has 4 rings (SSSR count). The Bertz CT molecular complexity index is 811. The molecule has 2 aromatic heterocycles. The second kappa shape index (κ2) is 6.31. The summed E-state index contributed by atoms with van der Waals surface area (Å²) in [6, 6.07) is 11.4. The fourth-order valence-electron chi connectivity index (χ4n) is 3.03. The number of benzene rings is 1. The van der Waals surface area contributed by atoms with Crippen molar-refractivity contribution in [1.29, 1.82) is 0 Å². The zero-order valence-electron chi connectivity index (χ0n) is 13.1. The van der Waals surface area contributed by atoms with Gasteiger partial charge in [0.1, 0.15) is 6.26 Å². The van der Waals surface area contributed by atoms with Gasteiger partial charge in [0.05, 0.1) is 11.8 Å². The maximum Gasteiger partial charge on any atom is 0.257 e. The number of rotatable bonds is 4.